The summed E-state index contributed by atoms with van der Waals surface area (Å²) in [6, 6.07) is -0.720. The molecule has 0 spiro atoms. The van der Waals surface area contributed by atoms with Gasteiger partial charge in [-0.1, -0.05) is 135 Å². The fraction of sp³-hybridized carbons (Fsp3) is 0.878. The average Bonchev–Trinajstić information content (AvgIpc) is 3.05. The van der Waals surface area contributed by atoms with Crippen LogP contribution in [0.3, 0.4) is 0 Å². The number of nitrogens with zero attached hydrogens (tertiary/aromatic N) is 1. The van der Waals surface area contributed by atoms with Crippen molar-refractivity contribution in [2.75, 3.05) is 41.0 Å². The van der Waals surface area contributed by atoms with Gasteiger partial charge < -0.3 is 28.6 Å². The number of esters is 2. The third-order valence-corrected chi connectivity index (χ3v) is 9.15. The maximum Gasteiger partial charge on any atom is 0.306 e. The molecule has 0 amide bonds. The molecule has 0 aliphatic rings. The second-order valence-electron chi connectivity index (χ2n) is 14.9. The Kier molecular flexibility index (Phi) is 31.9. The minimum atomic E-state index is -1.12. The van der Waals surface area contributed by atoms with Crippen LogP contribution in [0.5, 0.6) is 0 Å². The summed E-state index contributed by atoms with van der Waals surface area (Å²) in [7, 11) is 5.40. The lowest BCUT2D eigenvalue weighted by molar-refractivity contribution is -0.889. The topological polar surface area (TPSA) is 102 Å². The summed E-state index contributed by atoms with van der Waals surface area (Å²) in [4.78, 5) is 36.6. The van der Waals surface area contributed by atoms with Crippen molar-refractivity contribution in [3.8, 4) is 0 Å². The molecule has 0 saturated carbocycles. The van der Waals surface area contributed by atoms with Crippen molar-refractivity contribution < 1.29 is 38.2 Å². The highest BCUT2D eigenvalue weighted by atomic mass is 16.6. The van der Waals surface area contributed by atoms with Gasteiger partial charge in [0.2, 0.25) is 0 Å². The number of quaternary nitrogens is 1. The molecule has 0 saturated heterocycles. The Morgan fingerprint density at radius 3 is 1.47 bits per heavy atom. The summed E-state index contributed by atoms with van der Waals surface area (Å²) in [5.41, 5.74) is 0. The number of aliphatic carboxylic acids is 1. The first kappa shape index (κ1) is 47.1. The van der Waals surface area contributed by atoms with Crippen LogP contribution in [-0.4, -0.2) is 75.5 Å². The molecule has 0 aromatic rings. The Labute approximate surface area is 301 Å². The molecule has 0 bridgehead atoms. The Morgan fingerprint density at radius 2 is 1.02 bits per heavy atom. The summed E-state index contributed by atoms with van der Waals surface area (Å²) < 4.78 is 17.1. The lowest BCUT2D eigenvalue weighted by Gasteiger charge is -2.34. The number of rotatable bonds is 36. The van der Waals surface area contributed by atoms with Crippen molar-refractivity contribution in [3.63, 3.8) is 0 Å². The molecular formula is C41H77NO7. The van der Waals surface area contributed by atoms with E-state index in [0.29, 0.717) is 12.8 Å². The van der Waals surface area contributed by atoms with Gasteiger partial charge in [-0.25, -0.2) is 0 Å². The zero-order valence-corrected chi connectivity index (χ0v) is 32.6. The Hall–Kier alpha value is -1.93. The molecule has 0 radical (unpaired) electrons. The van der Waals surface area contributed by atoms with Gasteiger partial charge in [0.15, 0.2) is 6.10 Å². The highest BCUT2D eigenvalue weighted by molar-refractivity contribution is 5.70. The molecule has 0 rings (SSSR count). The van der Waals surface area contributed by atoms with Gasteiger partial charge in [0.1, 0.15) is 12.6 Å². The molecular weight excluding hydrogens is 618 g/mol. The van der Waals surface area contributed by atoms with Crippen molar-refractivity contribution in [1.29, 1.82) is 0 Å². The normalized spacial score (nSPS) is 13.1. The zero-order chi connectivity index (χ0) is 36.4. The van der Waals surface area contributed by atoms with E-state index in [1.54, 1.807) is 21.1 Å². The smallest absolute Gasteiger partial charge is 0.306 e. The first-order chi connectivity index (χ1) is 23.6. The van der Waals surface area contributed by atoms with Crippen LogP contribution in [0, 0.1) is 0 Å². The minimum Gasteiger partial charge on any atom is -0.544 e. The highest BCUT2D eigenvalue weighted by Gasteiger charge is 2.25. The summed E-state index contributed by atoms with van der Waals surface area (Å²) in [5, 5.41) is 11.6. The highest BCUT2D eigenvalue weighted by Crippen LogP contribution is 2.14. The van der Waals surface area contributed by atoms with E-state index in [4.69, 9.17) is 14.2 Å². The Morgan fingerprint density at radius 1 is 0.592 bits per heavy atom. The SMILES string of the molecule is CCCCCCCC/C=C/CCCCCCCCCC(=O)OC(COCCC(C(=O)[O-])[N+](C)(C)C)COC(=O)CCCCCCCCCC. The molecule has 0 aromatic heterocycles. The van der Waals surface area contributed by atoms with Crippen LogP contribution in [-0.2, 0) is 28.6 Å². The van der Waals surface area contributed by atoms with E-state index in [1.807, 2.05) is 0 Å². The lowest BCUT2D eigenvalue weighted by atomic mass is 10.1. The molecule has 0 N–H and O–H groups in total. The van der Waals surface area contributed by atoms with E-state index >= 15 is 0 Å². The second-order valence-corrected chi connectivity index (χ2v) is 14.9. The number of carbonyl (C=O) groups is 3. The van der Waals surface area contributed by atoms with E-state index in [0.717, 1.165) is 38.5 Å². The van der Waals surface area contributed by atoms with Crippen molar-refractivity contribution in [2.45, 2.75) is 193 Å². The fourth-order valence-corrected chi connectivity index (χ4v) is 5.95. The number of allylic oxidation sites excluding steroid dienone is 2. The van der Waals surface area contributed by atoms with Crippen molar-refractivity contribution in [1.82, 2.24) is 0 Å². The third kappa shape index (κ3) is 31.8. The summed E-state index contributed by atoms with van der Waals surface area (Å²) in [5.74, 6) is -1.74. The fourth-order valence-electron chi connectivity index (χ4n) is 5.95. The van der Waals surface area contributed by atoms with E-state index in [2.05, 4.69) is 26.0 Å². The van der Waals surface area contributed by atoms with Gasteiger partial charge in [-0.2, -0.15) is 0 Å². The Bertz CT molecular complexity index is 823. The first-order valence-corrected chi connectivity index (χ1v) is 20.2. The molecule has 49 heavy (non-hydrogen) atoms. The monoisotopic (exact) mass is 696 g/mol. The van der Waals surface area contributed by atoms with Gasteiger partial charge >= 0.3 is 11.9 Å². The maximum atomic E-state index is 12.6. The molecule has 288 valence electrons. The molecule has 8 heteroatoms. The molecule has 2 unspecified atom stereocenters. The third-order valence-electron chi connectivity index (χ3n) is 9.15. The van der Waals surface area contributed by atoms with Gasteiger partial charge in [-0.15, -0.1) is 0 Å². The predicted molar refractivity (Wildman–Crippen MR) is 199 cm³/mol. The molecule has 0 aliphatic carbocycles. The summed E-state index contributed by atoms with van der Waals surface area (Å²) >= 11 is 0. The van der Waals surface area contributed by atoms with Gasteiger partial charge in [-0.3, -0.25) is 9.59 Å². The van der Waals surface area contributed by atoms with Crippen LogP contribution in [0.15, 0.2) is 12.2 Å². The number of carbonyl (C=O) groups excluding carboxylic acids is 3. The second kappa shape index (κ2) is 33.2. The van der Waals surface area contributed by atoms with Crippen molar-refractivity contribution in [2.24, 2.45) is 0 Å². The predicted octanol–water partition coefficient (Wildman–Crippen LogP) is 9.02. The molecule has 0 fully saturated rings. The maximum absolute atomic E-state index is 12.6. The van der Waals surface area contributed by atoms with E-state index in [1.165, 1.54) is 109 Å². The van der Waals surface area contributed by atoms with Crippen LogP contribution >= 0.6 is 0 Å². The standard InChI is InChI=1S/C41H77NO7/c1-6-8-10-12-14-16-17-18-19-20-21-22-23-24-26-28-30-32-40(44)49-37(35-47-34-33-38(41(45)46)42(3,4)5)36-48-39(43)31-29-27-25-15-13-11-9-7-2/h18-19,37-38H,6-17,20-36H2,1-5H3/b19-18+. The van der Waals surface area contributed by atoms with Gasteiger partial charge in [-0.05, 0) is 38.5 Å². The van der Waals surface area contributed by atoms with E-state index < -0.39 is 18.1 Å². The molecule has 0 aromatic carbocycles. The van der Waals surface area contributed by atoms with Gasteiger partial charge in [0.25, 0.3) is 0 Å². The zero-order valence-electron chi connectivity index (χ0n) is 32.6. The van der Waals surface area contributed by atoms with Crippen LogP contribution in [0.25, 0.3) is 0 Å². The first-order valence-electron chi connectivity index (χ1n) is 20.2. The van der Waals surface area contributed by atoms with Crippen LogP contribution in [0.1, 0.15) is 181 Å². The lowest BCUT2D eigenvalue weighted by Crippen LogP contribution is -2.55. The van der Waals surface area contributed by atoms with E-state index in [9.17, 15) is 19.5 Å². The number of hydrogen-bond acceptors (Lipinski definition) is 7. The largest absolute Gasteiger partial charge is 0.544 e. The van der Waals surface area contributed by atoms with Gasteiger partial charge in [0.05, 0.1) is 40.3 Å². The minimum absolute atomic E-state index is 0.0436. The summed E-state index contributed by atoms with van der Waals surface area (Å²) in [6.07, 6.45) is 32.4. The quantitative estimate of drug-likeness (QED) is 0.0279. The number of carboxylic acid groups (broad SMARTS) is 1. The molecule has 0 aliphatic heterocycles. The van der Waals surface area contributed by atoms with Crippen molar-refractivity contribution in [3.05, 3.63) is 12.2 Å². The van der Waals surface area contributed by atoms with E-state index in [-0.39, 0.29) is 42.7 Å². The van der Waals surface area contributed by atoms with Crippen molar-refractivity contribution >= 4 is 17.9 Å². The Balaban J connectivity index is 4.32. The van der Waals surface area contributed by atoms with Gasteiger partial charge in [0, 0.05) is 19.3 Å². The van der Waals surface area contributed by atoms with Crippen LogP contribution < -0.4 is 5.11 Å². The molecule has 8 nitrogen and oxygen atoms in total. The number of ether oxygens (including phenoxy) is 3. The number of unbranched alkanes of at least 4 members (excludes halogenated alkanes) is 20. The van der Waals surface area contributed by atoms with Crippen LogP contribution in [0.4, 0.5) is 0 Å². The number of hydrogen-bond donors (Lipinski definition) is 0. The van der Waals surface area contributed by atoms with Crippen LogP contribution in [0.2, 0.25) is 0 Å². The number of likely N-dealkylation sites (N-methyl/N-ethyl adjacent to an activating group) is 1. The number of carboxylic acids is 1. The molecule has 0 heterocycles. The average molecular weight is 696 g/mol. The summed E-state index contributed by atoms with van der Waals surface area (Å²) in [6.45, 7) is 4.62. The molecule has 2 atom stereocenters.